The van der Waals surface area contributed by atoms with E-state index in [4.69, 9.17) is 18.3 Å². The molecule has 4 rings (SSSR count). The van der Waals surface area contributed by atoms with Gasteiger partial charge in [0, 0.05) is 6.04 Å². The van der Waals surface area contributed by atoms with Gasteiger partial charge in [0.25, 0.3) is 11.9 Å². The third-order valence-electron chi connectivity index (χ3n) is 6.69. The zero-order valence-electron chi connectivity index (χ0n) is 25.2. The summed E-state index contributed by atoms with van der Waals surface area (Å²) in [5, 5.41) is 0. The Hall–Kier alpha value is -3.31. The summed E-state index contributed by atoms with van der Waals surface area (Å²) in [5.41, 5.74) is 2.24. The van der Waals surface area contributed by atoms with Crippen molar-refractivity contribution in [2.45, 2.75) is 90.6 Å². The van der Waals surface area contributed by atoms with Gasteiger partial charge in [-0.05, 0) is 63.3 Å². The van der Waals surface area contributed by atoms with Crippen LogP contribution in [0.3, 0.4) is 0 Å². The van der Waals surface area contributed by atoms with Crippen LogP contribution in [0, 0.1) is 0 Å². The van der Waals surface area contributed by atoms with E-state index < -0.39 is 22.6 Å². The highest BCUT2D eigenvalue weighted by atomic mass is 28.4. The molecular formula is C32H43NO6Si2. The van der Waals surface area contributed by atoms with E-state index in [1.807, 2.05) is 80.3 Å². The summed E-state index contributed by atoms with van der Waals surface area (Å²) >= 11 is 0. The van der Waals surface area contributed by atoms with Crippen LogP contribution in [-0.4, -0.2) is 39.5 Å². The molecule has 1 fully saturated rings. The quantitative estimate of drug-likeness (QED) is 0.155. The Balaban J connectivity index is 1.85. The Morgan fingerprint density at radius 3 is 1.83 bits per heavy atom. The first-order valence-corrected chi connectivity index (χ1v) is 21.3. The summed E-state index contributed by atoms with van der Waals surface area (Å²) in [4.78, 5) is 30.0. The van der Waals surface area contributed by atoms with Gasteiger partial charge in [-0.2, -0.15) is 0 Å². The largest absolute Gasteiger partial charge is 0.540 e. The predicted molar refractivity (Wildman–Crippen MR) is 164 cm³/mol. The van der Waals surface area contributed by atoms with Crippen LogP contribution in [0.15, 0.2) is 83.6 Å². The molecule has 1 heterocycles. The number of amides is 1. The van der Waals surface area contributed by atoms with E-state index in [0.717, 1.165) is 43.2 Å². The fourth-order valence-electron chi connectivity index (χ4n) is 4.97. The number of carbonyl (C=O) groups is 2. The molecule has 2 aromatic carbocycles. The molecule has 0 aromatic heterocycles. The fourth-order valence-corrected chi connectivity index (χ4v) is 6.48. The average molecular weight is 594 g/mol. The van der Waals surface area contributed by atoms with E-state index in [1.54, 1.807) is 4.90 Å². The second-order valence-electron chi connectivity index (χ2n) is 12.6. The Morgan fingerprint density at radius 2 is 1.32 bits per heavy atom. The van der Waals surface area contributed by atoms with Crippen molar-refractivity contribution in [1.82, 2.24) is 4.90 Å². The lowest BCUT2D eigenvalue weighted by atomic mass is 9.94. The van der Waals surface area contributed by atoms with Gasteiger partial charge in [0.1, 0.15) is 24.5 Å². The monoisotopic (exact) mass is 593 g/mol. The maximum absolute atomic E-state index is 14.2. The minimum Gasteiger partial charge on any atom is -0.540 e. The second kappa shape index (κ2) is 13.1. The third kappa shape index (κ3) is 8.36. The maximum atomic E-state index is 14.2. The van der Waals surface area contributed by atoms with Gasteiger partial charge in [0.2, 0.25) is 16.6 Å². The molecule has 2 aromatic rings. The first-order chi connectivity index (χ1) is 19.4. The number of ether oxygens (including phenoxy) is 2. The van der Waals surface area contributed by atoms with E-state index in [2.05, 4.69) is 19.6 Å². The highest BCUT2D eigenvalue weighted by Crippen LogP contribution is 2.41. The Bertz CT molecular complexity index is 1270. The molecule has 0 atom stereocenters. The Kier molecular flexibility index (Phi) is 9.81. The first kappa shape index (κ1) is 30.6. The lowest BCUT2D eigenvalue weighted by Crippen LogP contribution is -2.40. The molecule has 41 heavy (non-hydrogen) atoms. The number of esters is 1. The van der Waals surface area contributed by atoms with Gasteiger partial charge in [-0.25, -0.2) is 4.79 Å². The van der Waals surface area contributed by atoms with Gasteiger partial charge in [0.15, 0.2) is 5.76 Å². The molecule has 0 unspecified atom stereocenters. The molecule has 7 nitrogen and oxygen atoms in total. The average Bonchev–Trinajstić information content (AvgIpc) is 3.21. The molecule has 2 aliphatic rings. The summed E-state index contributed by atoms with van der Waals surface area (Å²) in [6.45, 7) is 12.5. The van der Waals surface area contributed by atoms with Gasteiger partial charge >= 0.3 is 5.97 Å². The van der Waals surface area contributed by atoms with Crippen LogP contribution in [0.4, 0.5) is 0 Å². The lowest BCUT2D eigenvalue weighted by Gasteiger charge is -2.34. The second-order valence-corrected chi connectivity index (χ2v) is 21.4. The van der Waals surface area contributed by atoms with Crippen molar-refractivity contribution >= 4 is 28.5 Å². The molecule has 0 bridgehead atoms. The van der Waals surface area contributed by atoms with Crippen LogP contribution in [0.25, 0.3) is 0 Å². The standard InChI is InChI=1S/C32H43NO6Si2/c1-40(2,3)38-29-27(31(35)36-22-24-16-10-7-11-17-24)28(33(30(29)34)26-20-14-9-15-21-26)32(39-41(4,5)6)37-23-25-18-12-8-13-19-25/h7-8,10-13,16-19,26H,9,14-15,20-23H2,1-6H3/b32-28+. The summed E-state index contributed by atoms with van der Waals surface area (Å²) in [6, 6.07) is 19.2. The maximum Gasteiger partial charge on any atom is 0.344 e. The molecule has 1 amide bonds. The molecule has 220 valence electrons. The minimum atomic E-state index is -2.31. The number of rotatable bonds is 11. The van der Waals surface area contributed by atoms with Crippen molar-refractivity contribution in [3.05, 3.63) is 94.8 Å². The molecule has 0 spiro atoms. The van der Waals surface area contributed by atoms with Crippen molar-refractivity contribution in [1.29, 1.82) is 0 Å². The van der Waals surface area contributed by atoms with Gasteiger partial charge in [-0.1, -0.05) is 79.9 Å². The summed E-state index contributed by atoms with van der Waals surface area (Å²) in [5.74, 6) is -0.708. The molecule has 9 heteroatoms. The molecule has 0 N–H and O–H groups in total. The number of benzene rings is 2. The summed E-state index contributed by atoms with van der Waals surface area (Å²) in [7, 11) is -4.57. The van der Waals surface area contributed by atoms with Crippen LogP contribution in [0.5, 0.6) is 0 Å². The smallest absolute Gasteiger partial charge is 0.344 e. The molecule has 1 saturated carbocycles. The van der Waals surface area contributed by atoms with Crippen molar-refractivity contribution in [2.24, 2.45) is 0 Å². The topological polar surface area (TPSA) is 74.3 Å². The van der Waals surface area contributed by atoms with Crippen molar-refractivity contribution in [3.8, 4) is 0 Å². The van der Waals surface area contributed by atoms with Crippen LogP contribution < -0.4 is 0 Å². The van der Waals surface area contributed by atoms with E-state index in [9.17, 15) is 9.59 Å². The normalized spacial score (nSPS) is 17.9. The van der Waals surface area contributed by atoms with E-state index in [0.29, 0.717) is 5.70 Å². The highest BCUT2D eigenvalue weighted by Gasteiger charge is 2.48. The van der Waals surface area contributed by atoms with E-state index >= 15 is 0 Å². The Labute approximate surface area is 246 Å². The van der Waals surface area contributed by atoms with E-state index in [-0.39, 0.29) is 42.4 Å². The van der Waals surface area contributed by atoms with Gasteiger partial charge in [0.05, 0.1) is 0 Å². The van der Waals surface area contributed by atoms with Crippen LogP contribution in [0.2, 0.25) is 39.3 Å². The number of hydrogen-bond donors (Lipinski definition) is 0. The number of carbonyl (C=O) groups excluding carboxylic acids is 2. The Morgan fingerprint density at radius 1 is 0.780 bits per heavy atom. The highest BCUT2D eigenvalue weighted by molar-refractivity contribution is 6.70. The van der Waals surface area contributed by atoms with Crippen LogP contribution in [0.1, 0.15) is 43.2 Å². The minimum absolute atomic E-state index is 0.0442. The van der Waals surface area contributed by atoms with Crippen molar-refractivity contribution < 1.29 is 27.9 Å². The van der Waals surface area contributed by atoms with Gasteiger partial charge in [-0.3, -0.25) is 9.69 Å². The molecular weight excluding hydrogens is 551 g/mol. The predicted octanol–water partition coefficient (Wildman–Crippen LogP) is 7.25. The molecule has 1 aliphatic heterocycles. The fraction of sp³-hybridized carbons (Fsp3) is 0.438. The lowest BCUT2D eigenvalue weighted by molar-refractivity contribution is -0.140. The summed E-state index contributed by atoms with van der Waals surface area (Å²) in [6.07, 6.45) is 4.81. The van der Waals surface area contributed by atoms with Gasteiger partial charge in [-0.15, -0.1) is 0 Å². The third-order valence-corrected chi connectivity index (χ3v) is 8.30. The molecule has 0 radical (unpaired) electrons. The van der Waals surface area contributed by atoms with E-state index in [1.165, 1.54) is 0 Å². The van der Waals surface area contributed by atoms with Crippen LogP contribution in [-0.2, 0) is 41.1 Å². The SMILES string of the molecule is C[Si](C)(C)OC1=C(C(=O)OCc2ccccc2)/C(=C(/OCc2ccccc2)O[Si](C)(C)C)N(C2CCCCC2)C1=O. The number of nitrogens with zero attached hydrogens (tertiary/aromatic N) is 1. The zero-order valence-corrected chi connectivity index (χ0v) is 27.2. The first-order valence-electron chi connectivity index (χ1n) is 14.5. The van der Waals surface area contributed by atoms with Crippen molar-refractivity contribution in [2.75, 3.05) is 0 Å². The number of hydrogen-bond acceptors (Lipinski definition) is 6. The molecule has 1 aliphatic carbocycles. The molecule has 0 saturated heterocycles. The zero-order chi connectivity index (χ0) is 29.6. The van der Waals surface area contributed by atoms with Crippen LogP contribution >= 0.6 is 0 Å². The van der Waals surface area contributed by atoms with Gasteiger partial charge < -0.3 is 18.3 Å². The van der Waals surface area contributed by atoms with Crippen molar-refractivity contribution in [3.63, 3.8) is 0 Å². The summed E-state index contributed by atoms with van der Waals surface area (Å²) < 4.78 is 25.2.